The minimum atomic E-state index is -0.333. The van der Waals surface area contributed by atoms with Gasteiger partial charge in [0.2, 0.25) is 5.91 Å². The van der Waals surface area contributed by atoms with E-state index in [4.69, 9.17) is 0 Å². The number of anilines is 2. The van der Waals surface area contributed by atoms with E-state index < -0.39 is 0 Å². The maximum atomic E-state index is 13.1. The first-order valence-electron chi connectivity index (χ1n) is 7.73. The van der Waals surface area contributed by atoms with Gasteiger partial charge in [-0.15, -0.1) is 11.8 Å². The molecule has 3 amide bonds. The van der Waals surface area contributed by atoms with Crippen LogP contribution in [0.2, 0.25) is 0 Å². The van der Waals surface area contributed by atoms with Crippen LogP contribution < -0.4 is 10.2 Å². The zero-order valence-electron chi connectivity index (χ0n) is 13.9. The van der Waals surface area contributed by atoms with E-state index in [1.54, 1.807) is 31.1 Å². The van der Waals surface area contributed by atoms with Crippen molar-refractivity contribution in [2.75, 3.05) is 30.1 Å². The SMILES string of the molecule is CN(C)C(=O)Nc1ccc([C@@H]2SCC(=O)N2c2ccc(F)cc2)cc1. The highest BCUT2D eigenvalue weighted by atomic mass is 32.2. The van der Waals surface area contributed by atoms with Crippen LogP contribution in [0.25, 0.3) is 0 Å². The minimum absolute atomic E-state index is 0.00778. The van der Waals surface area contributed by atoms with Crippen LogP contribution in [0.3, 0.4) is 0 Å². The molecule has 1 fully saturated rings. The molecule has 0 bridgehead atoms. The standard InChI is InChI=1S/C18H18FN3O2S/c1-21(2)18(24)20-14-7-3-12(4-8-14)17-22(16(23)11-25-17)15-9-5-13(19)6-10-15/h3-10,17H,11H2,1-2H3,(H,20,24)/t17-/m0/s1. The lowest BCUT2D eigenvalue weighted by Crippen LogP contribution is -2.28. The Morgan fingerprint density at radius 2 is 1.80 bits per heavy atom. The largest absolute Gasteiger partial charge is 0.331 e. The normalized spacial score (nSPS) is 16.8. The van der Waals surface area contributed by atoms with E-state index in [0.717, 1.165) is 5.56 Å². The number of carbonyl (C=O) groups excluding carboxylic acids is 2. The molecule has 1 saturated heterocycles. The van der Waals surface area contributed by atoms with Crippen molar-refractivity contribution in [2.45, 2.75) is 5.37 Å². The molecule has 5 nitrogen and oxygen atoms in total. The fourth-order valence-electron chi connectivity index (χ4n) is 2.52. The molecule has 25 heavy (non-hydrogen) atoms. The third kappa shape index (κ3) is 3.76. The maximum Gasteiger partial charge on any atom is 0.321 e. The molecule has 1 N–H and O–H groups in total. The highest BCUT2D eigenvalue weighted by molar-refractivity contribution is 8.00. The first-order valence-corrected chi connectivity index (χ1v) is 8.78. The second kappa shape index (κ2) is 7.14. The monoisotopic (exact) mass is 359 g/mol. The molecule has 0 aromatic heterocycles. The lowest BCUT2D eigenvalue weighted by molar-refractivity contribution is -0.115. The third-order valence-corrected chi connectivity index (χ3v) is 5.04. The quantitative estimate of drug-likeness (QED) is 0.909. The number of hydrogen-bond acceptors (Lipinski definition) is 3. The van der Waals surface area contributed by atoms with E-state index in [9.17, 15) is 14.0 Å². The van der Waals surface area contributed by atoms with Crippen molar-refractivity contribution < 1.29 is 14.0 Å². The summed E-state index contributed by atoms with van der Waals surface area (Å²) in [4.78, 5) is 27.1. The van der Waals surface area contributed by atoms with Gasteiger partial charge in [-0.05, 0) is 42.0 Å². The predicted octanol–water partition coefficient (Wildman–Crippen LogP) is 3.70. The average Bonchev–Trinajstić information content (AvgIpc) is 2.98. The summed E-state index contributed by atoms with van der Waals surface area (Å²) < 4.78 is 13.1. The Bertz CT molecular complexity index is 778. The fraction of sp³-hybridized carbons (Fsp3) is 0.222. The summed E-state index contributed by atoms with van der Waals surface area (Å²) in [5.41, 5.74) is 2.31. The molecule has 0 saturated carbocycles. The summed E-state index contributed by atoms with van der Waals surface area (Å²) in [5, 5.41) is 2.61. The van der Waals surface area contributed by atoms with Crippen molar-refractivity contribution in [3.63, 3.8) is 0 Å². The van der Waals surface area contributed by atoms with Gasteiger partial charge in [-0.25, -0.2) is 9.18 Å². The molecule has 3 rings (SSSR count). The van der Waals surface area contributed by atoms with Crippen LogP contribution in [0.1, 0.15) is 10.9 Å². The number of carbonyl (C=O) groups is 2. The van der Waals surface area contributed by atoms with E-state index >= 15 is 0 Å². The highest BCUT2D eigenvalue weighted by Gasteiger charge is 2.33. The molecule has 130 valence electrons. The first-order chi connectivity index (χ1) is 12.0. The first kappa shape index (κ1) is 17.3. The molecule has 1 atom stereocenters. The zero-order valence-corrected chi connectivity index (χ0v) is 14.7. The van der Waals surface area contributed by atoms with Crippen LogP contribution in [0.4, 0.5) is 20.6 Å². The van der Waals surface area contributed by atoms with Crippen molar-refractivity contribution in [2.24, 2.45) is 0 Å². The second-order valence-electron chi connectivity index (χ2n) is 5.85. The van der Waals surface area contributed by atoms with Crippen LogP contribution in [0, 0.1) is 5.82 Å². The molecule has 2 aromatic rings. The van der Waals surface area contributed by atoms with Crippen LogP contribution in [0.15, 0.2) is 48.5 Å². The molecule has 0 spiro atoms. The molecule has 0 unspecified atom stereocenters. The van der Waals surface area contributed by atoms with Gasteiger partial charge >= 0.3 is 6.03 Å². The Hall–Kier alpha value is -2.54. The van der Waals surface area contributed by atoms with Gasteiger partial charge in [0, 0.05) is 25.5 Å². The van der Waals surface area contributed by atoms with Gasteiger partial charge in [0.1, 0.15) is 11.2 Å². The predicted molar refractivity (Wildman–Crippen MR) is 98.2 cm³/mol. The lowest BCUT2D eigenvalue weighted by atomic mass is 10.1. The van der Waals surface area contributed by atoms with Gasteiger partial charge in [0.05, 0.1) is 5.75 Å². The summed E-state index contributed by atoms with van der Waals surface area (Å²) in [6.07, 6.45) is 0. The molecule has 1 aliphatic heterocycles. The van der Waals surface area contributed by atoms with Crippen molar-refractivity contribution in [1.82, 2.24) is 4.90 Å². The van der Waals surface area contributed by atoms with Gasteiger partial charge in [0.15, 0.2) is 0 Å². The van der Waals surface area contributed by atoms with Crippen molar-refractivity contribution in [1.29, 1.82) is 0 Å². The van der Waals surface area contributed by atoms with E-state index in [-0.39, 0.29) is 23.1 Å². The van der Waals surface area contributed by atoms with Crippen LogP contribution >= 0.6 is 11.8 Å². The van der Waals surface area contributed by atoms with Crippen LogP contribution in [-0.2, 0) is 4.79 Å². The van der Waals surface area contributed by atoms with Gasteiger partial charge in [0.25, 0.3) is 0 Å². The molecule has 0 radical (unpaired) electrons. The van der Waals surface area contributed by atoms with Crippen molar-refractivity contribution >= 4 is 35.1 Å². The Morgan fingerprint density at radius 1 is 1.16 bits per heavy atom. The van der Waals surface area contributed by atoms with Gasteiger partial charge < -0.3 is 10.2 Å². The van der Waals surface area contributed by atoms with Crippen LogP contribution in [-0.4, -0.2) is 36.7 Å². The summed E-state index contributed by atoms with van der Waals surface area (Å²) in [5.74, 6) is 0.0356. The number of halogens is 1. The van der Waals surface area contributed by atoms with E-state index in [1.807, 2.05) is 24.3 Å². The van der Waals surface area contributed by atoms with E-state index in [1.165, 1.54) is 28.8 Å². The number of urea groups is 1. The Labute approximate surface area is 149 Å². The minimum Gasteiger partial charge on any atom is -0.331 e. The van der Waals surface area contributed by atoms with E-state index in [2.05, 4.69) is 5.32 Å². The molecule has 1 aliphatic rings. The number of rotatable bonds is 3. The van der Waals surface area contributed by atoms with Gasteiger partial charge in [-0.3, -0.25) is 9.69 Å². The second-order valence-corrected chi connectivity index (χ2v) is 6.92. The van der Waals surface area contributed by atoms with Crippen LogP contribution in [0.5, 0.6) is 0 Å². The fourth-order valence-corrected chi connectivity index (χ4v) is 3.70. The topological polar surface area (TPSA) is 52.7 Å². The summed E-state index contributed by atoms with van der Waals surface area (Å²) >= 11 is 1.52. The summed E-state index contributed by atoms with van der Waals surface area (Å²) in [6, 6.07) is 13.1. The highest BCUT2D eigenvalue weighted by Crippen LogP contribution is 2.41. The van der Waals surface area contributed by atoms with Crippen molar-refractivity contribution in [3.8, 4) is 0 Å². The molecular formula is C18H18FN3O2S. The third-order valence-electron chi connectivity index (χ3n) is 3.83. The Kier molecular flexibility index (Phi) is 4.94. The molecule has 0 aliphatic carbocycles. The van der Waals surface area contributed by atoms with Gasteiger partial charge in [-0.2, -0.15) is 0 Å². The zero-order chi connectivity index (χ0) is 18.0. The lowest BCUT2D eigenvalue weighted by Gasteiger charge is -2.24. The number of hydrogen-bond donors (Lipinski definition) is 1. The molecule has 2 aromatic carbocycles. The molecular weight excluding hydrogens is 341 g/mol. The number of benzene rings is 2. The summed E-state index contributed by atoms with van der Waals surface area (Å²) in [7, 11) is 3.34. The summed E-state index contributed by atoms with van der Waals surface area (Å²) in [6.45, 7) is 0. The van der Waals surface area contributed by atoms with E-state index in [0.29, 0.717) is 17.1 Å². The molecule has 1 heterocycles. The van der Waals surface area contributed by atoms with Gasteiger partial charge in [-0.1, -0.05) is 12.1 Å². The number of thioether (sulfide) groups is 1. The Morgan fingerprint density at radius 3 is 2.40 bits per heavy atom. The maximum absolute atomic E-state index is 13.1. The Balaban J connectivity index is 1.81. The smallest absolute Gasteiger partial charge is 0.321 e. The number of nitrogens with one attached hydrogen (secondary N) is 1. The number of nitrogens with zero attached hydrogens (tertiary/aromatic N) is 2. The number of amides is 3. The average molecular weight is 359 g/mol. The molecule has 7 heteroatoms. The van der Waals surface area contributed by atoms with Crippen molar-refractivity contribution in [3.05, 3.63) is 59.9 Å².